The number of hydrogen-bond donors (Lipinski definition) is 1. The number of anilines is 2. The van der Waals surface area contributed by atoms with E-state index < -0.39 is 0 Å². The van der Waals surface area contributed by atoms with Gasteiger partial charge in [0, 0.05) is 10.7 Å². The number of nitrogens with one attached hydrogen (secondary N) is 1. The van der Waals surface area contributed by atoms with Gasteiger partial charge in [0.05, 0.1) is 15.2 Å². The first-order valence-electron chi connectivity index (χ1n) is 4.59. The highest BCUT2D eigenvalue weighted by Gasteiger charge is 2.06. The van der Waals surface area contributed by atoms with Crippen LogP contribution in [0, 0.1) is 5.82 Å². The molecule has 2 nitrogen and oxygen atoms in total. The number of aromatic nitrogens is 1. The van der Waals surface area contributed by atoms with Gasteiger partial charge in [-0.25, -0.2) is 9.37 Å². The van der Waals surface area contributed by atoms with Gasteiger partial charge in [0.2, 0.25) is 0 Å². The minimum absolute atomic E-state index is 0.356. The highest BCUT2D eigenvalue weighted by atomic mass is 79.9. The summed E-state index contributed by atoms with van der Waals surface area (Å²) in [5, 5.41) is 3.39. The quantitative estimate of drug-likeness (QED) is 0.780. The van der Waals surface area contributed by atoms with E-state index in [1.807, 2.05) is 6.07 Å². The second-order valence-electron chi connectivity index (χ2n) is 3.23. The SMILES string of the molecule is Fc1ccc(Cl)c(Nc2ncc(Br)cc2Br)c1. The Balaban J connectivity index is 2.34. The van der Waals surface area contributed by atoms with E-state index in [1.165, 1.54) is 18.2 Å². The van der Waals surface area contributed by atoms with Gasteiger partial charge in [-0.3, -0.25) is 0 Å². The van der Waals surface area contributed by atoms with Crippen LogP contribution in [0.1, 0.15) is 0 Å². The zero-order valence-corrected chi connectivity index (χ0v) is 12.3. The smallest absolute Gasteiger partial charge is 0.144 e. The Bertz CT molecular complexity index is 563. The normalized spacial score (nSPS) is 10.4. The third kappa shape index (κ3) is 3.18. The van der Waals surface area contributed by atoms with Gasteiger partial charge in [0.1, 0.15) is 11.6 Å². The Hall–Kier alpha value is -0.650. The lowest BCUT2D eigenvalue weighted by Crippen LogP contribution is -1.96. The first-order chi connectivity index (χ1) is 8.06. The summed E-state index contributed by atoms with van der Waals surface area (Å²) in [7, 11) is 0. The highest BCUT2D eigenvalue weighted by molar-refractivity contribution is 9.11. The molecule has 0 bridgehead atoms. The molecule has 2 rings (SSSR count). The molecule has 0 radical (unpaired) electrons. The molecule has 1 N–H and O–H groups in total. The molecule has 0 amide bonds. The van der Waals surface area contributed by atoms with Crippen LogP contribution in [0.2, 0.25) is 5.02 Å². The van der Waals surface area contributed by atoms with Crippen LogP contribution >= 0.6 is 43.5 Å². The van der Waals surface area contributed by atoms with Gasteiger partial charge in [-0.15, -0.1) is 0 Å². The molecule has 0 saturated heterocycles. The number of hydrogen-bond acceptors (Lipinski definition) is 2. The lowest BCUT2D eigenvalue weighted by atomic mass is 10.3. The predicted octanol–water partition coefficient (Wildman–Crippen LogP) is 5.14. The van der Waals surface area contributed by atoms with Crippen molar-refractivity contribution in [2.75, 3.05) is 5.32 Å². The molecule has 0 aliphatic rings. The van der Waals surface area contributed by atoms with E-state index in [4.69, 9.17) is 11.6 Å². The van der Waals surface area contributed by atoms with Crippen molar-refractivity contribution < 1.29 is 4.39 Å². The summed E-state index contributed by atoms with van der Waals surface area (Å²) >= 11 is 12.6. The highest BCUT2D eigenvalue weighted by Crippen LogP contribution is 2.30. The van der Waals surface area contributed by atoms with Crippen LogP contribution < -0.4 is 5.32 Å². The van der Waals surface area contributed by atoms with Crippen molar-refractivity contribution in [3.8, 4) is 0 Å². The number of halogens is 4. The van der Waals surface area contributed by atoms with Crippen LogP contribution in [0.5, 0.6) is 0 Å². The van der Waals surface area contributed by atoms with Gasteiger partial charge >= 0.3 is 0 Å². The summed E-state index contributed by atoms with van der Waals surface area (Å²) in [6, 6.07) is 5.95. The molecule has 0 fully saturated rings. The van der Waals surface area contributed by atoms with E-state index in [0.717, 1.165) is 8.95 Å². The number of benzene rings is 1. The molecule has 0 atom stereocenters. The van der Waals surface area contributed by atoms with E-state index >= 15 is 0 Å². The zero-order chi connectivity index (χ0) is 12.4. The third-order valence-electron chi connectivity index (χ3n) is 1.99. The average molecular weight is 380 g/mol. The maximum atomic E-state index is 13.1. The molecule has 1 aromatic heterocycles. The van der Waals surface area contributed by atoms with Crippen molar-refractivity contribution in [1.82, 2.24) is 4.98 Å². The van der Waals surface area contributed by atoms with Gasteiger partial charge in [0.25, 0.3) is 0 Å². The van der Waals surface area contributed by atoms with Gasteiger partial charge in [-0.1, -0.05) is 11.6 Å². The van der Waals surface area contributed by atoms with Crippen LogP contribution in [0.25, 0.3) is 0 Å². The van der Waals surface area contributed by atoms with Crippen LogP contribution in [0.4, 0.5) is 15.9 Å². The Morgan fingerprint density at radius 3 is 2.71 bits per heavy atom. The monoisotopic (exact) mass is 378 g/mol. The molecule has 1 heterocycles. The molecule has 0 saturated carbocycles. The third-order valence-corrected chi connectivity index (χ3v) is 3.36. The van der Waals surface area contributed by atoms with Gasteiger partial charge in [-0.05, 0) is 56.1 Å². The molecular formula is C11H6Br2ClFN2. The van der Waals surface area contributed by atoms with Crippen LogP contribution in [-0.4, -0.2) is 4.98 Å². The number of pyridine rings is 1. The summed E-state index contributed by atoms with van der Waals surface area (Å²) in [5.41, 5.74) is 0.474. The standard InChI is InChI=1S/C11H6Br2ClFN2/c12-6-3-8(13)11(16-5-6)17-10-4-7(15)1-2-9(10)14/h1-5H,(H,16,17). The number of nitrogens with zero attached hydrogens (tertiary/aromatic N) is 1. The van der Waals surface area contributed by atoms with Crippen molar-refractivity contribution in [2.24, 2.45) is 0 Å². The number of rotatable bonds is 2. The average Bonchev–Trinajstić information content (AvgIpc) is 2.27. The fourth-order valence-electron chi connectivity index (χ4n) is 1.23. The fourth-order valence-corrected chi connectivity index (χ4v) is 2.48. The van der Waals surface area contributed by atoms with Crippen LogP contribution in [-0.2, 0) is 0 Å². The molecule has 6 heteroatoms. The first-order valence-corrected chi connectivity index (χ1v) is 6.56. The zero-order valence-electron chi connectivity index (χ0n) is 8.35. The lowest BCUT2D eigenvalue weighted by Gasteiger charge is -2.09. The van der Waals surface area contributed by atoms with Gasteiger partial charge in [-0.2, -0.15) is 0 Å². The van der Waals surface area contributed by atoms with Gasteiger partial charge in [0.15, 0.2) is 0 Å². The second kappa shape index (κ2) is 5.33. The van der Waals surface area contributed by atoms with Crippen molar-refractivity contribution in [3.63, 3.8) is 0 Å². The summed E-state index contributed by atoms with van der Waals surface area (Å²) in [5.74, 6) is 0.214. The fraction of sp³-hybridized carbons (Fsp3) is 0. The van der Waals surface area contributed by atoms with E-state index in [1.54, 1.807) is 6.20 Å². The molecule has 0 spiro atoms. The van der Waals surface area contributed by atoms with E-state index in [0.29, 0.717) is 16.5 Å². The van der Waals surface area contributed by atoms with E-state index in [9.17, 15) is 4.39 Å². The minimum atomic E-state index is -0.356. The first kappa shape index (κ1) is 12.8. The Morgan fingerprint density at radius 1 is 1.24 bits per heavy atom. The van der Waals surface area contributed by atoms with E-state index in [2.05, 4.69) is 42.2 Å². The molecule has 2 aromatic rings. The van der Waals surface area contributed by atoms with Crippen molar-refractivity contribution in [3.05, 3.63) is 50.2 Å². The topological polar surface area (TPSA) is 24.9 Å². The summed E-state index contributed by atoms with van der Waals surface area (Å²) < 4.78 is 14.7. The van der Waals surface area contributed by atoms with Crippen LogP contribution in [0.3, 0.4) is 0 Å². The van der Waals surface area contributed by atoms with Crippen molar-refractivity contribution >= 4 is 55.0 Å². The Morgan fingerprint density at radius 2 is 2.00 bits per heavy atom. The molecule has 17 heavy (non-hydrogen) atoms. The lowest BCUT2D eigenvalue weighted by molar-refractivity contribution is 0.628. The Kier molecular flexibility index (Phi) is 4.01. The van der Waals surface area contributed by atoms with Crippen LogP contribution in [0.15, 0.2) is 39.4 Å². The maximum absolute atomic E-state index is 13.1. The molecule has 1 aromatic carbocycles. The second-order valence-corrected chi connectivity index (χ2v) is 5.41. The van der Waals surface area contributed by atoms with Crippen molar-refractivity contribution in [2.45, 2.75) is 0 Å². The summed E-state index contributed by atoms with van der Waals surface area (Å²) in [4.78, 5) is 4.16. The molecule has 0 aliphatic heterocycles. The van der Waals surface area contributed by atoms with E-state index in [-0.39, 0.29) is 5.82 Å². The molecule has 0 unspecified atom stereocenters. The summed E-state index contributed by atoms with van der Waals surface area (Å²) in [6.45, 7) is 0. The minimum Gasteiger partial charge on any atom is -0.338 e. The maximum Gasteiger partial charge on any atom is 0.144 e. The molecule has 88 valence electrons. The Labute approximate surface area is 119 Å². The predicted molar refractivity (Wildman–Crippen MR) is 74.3 cm³/mol. The van der Waals surface area contributed by atoms with Crippen molar-refractivity contribution in [1.29, 1.82) is 0 Å². The van der Waals surface area contributed by atoms with Gasteiger partial charge < -0.3 is 5.32 Å². The largest absolute Gasteiger partial charge is 0.338 e. The molecular weight excluding hydrogens is 374 g/mol. The molecule has 0 aliphatic carbocycles. The summed E-state index contributed by atoms with van der Waals surface area (Å²) in [6.07, 6.45) is 1.64.